The normalized spacial score (nSPS) is 11.0. The molecule has 24 heavy (non-hydrogen) atoms. The quantitative estimate of drug-likeness (QED) is 0.543. The van der Waals surface area contributed by atoms with Crippen LogP contribution in [0.15, 0.2) is 28.6 Å². The highest BCUT2D eigenvalue weighted by Crippen LogP contribution is 2.28. The van der Waals surface area contributed by atoms with Crippen molar-refractivity contribution in [2.24, 2.45) is 0 Å². The van der Waals surface area contributed by atoms with Gasteiger partial charge in [0.1, 0.15) is 0 Å². The molecule has 3 rings (SSSR count). The van der Waals surface area contributed by atoms with Crippen LogP contribution in [0.4, 0.5) is 5.13 Å². The molecule has 0 saturated carbocycles. The van der Waals surface area contributed by atoms with Crippen LogP contribution in [0, 0.1) is 6.92 Å². The molecule has 0 spiro atoms. The lowest BCUT2D eigenvalue weighted by Gasteiger charge is -2.12. The molecular weight excluding hydrogens is 340 g/mol. The molecule has 5 nitrogen and oxygen atoms in total. The van der Waals surface area contributed by atoms with Crippen LogP contribution < -0.4 is 5.32 Å². The SMILES string of the molecule is CCSc1nnc(NC(=O)c2c(C)c(CC)nc3ccccc23)s1. The van der Waals surface area contributed by atoms with Crippen LogP contribution in [-0.2, 0) is 6.42 Å². The summed E-state index contributed by atoms with van der Waals surface area (Å²) in [7, 11) is 0. The summed E-state index contributed by atoms with van der Waals surface area (Å²) in [5, 5.41) is 12.4. The van der Waals surface area contributed by atoms with E-state index in [1.807, 2.05) is 38.1 Å². The van der Waals surface area contributed by atoms with E-state index in [1.54, 1.807) is 11.8 Å². The van der Waals surface area contributed by atoms with Gasteiger partial charge in [-0.2, -0.15) is 0 Å². The van der Waals surface area contributed by atoms with Crippen LogP contribution in [-0.4, -0.2) is 26.8 Å². The largest absolute Gasteiger partial charge is 0.296 e. The number of pyridine rings is 1. The highest BCUT2D eigenvalue weighted by atomic mass is 32.2. The first-order valence-corrected chi connectivity index (χ1v) is 9.60. The van der Waals surface area contributed by atoms with E-state index in [4.69, 9.17) is 0 Å². The number of nitrogens with one attached hydrogen (secondary N) is 1. The zero-order valence-corrected chi connectivity index (χ0v) is 15.4. The number of amides is 1. The molecule has 0 aliphatic rings. The first-order chi connectivity index (χ1) is 11.6. The molecule has 1 N–H and O–H groups in total. The molecule has 1 amide bonds. The Morgan fingerprint density at radius 2 is 2.04 bits per heavy atom. The zero-order valence-electron chi connectivity index (χ0n) is 13.8. The lowest BCUT2D eigenvalue weighted by molar-refractivity contribution is 0.102. The van der Waals surface area contributed by atoms with Gasteiger partial charge in [-0.05, 0) is 30.7 Å². The Labute approximate surface area is 148 Å². The van der Waals surface area contributed by atoms with E-state index in [0.717, 1.165) is 38.7 Å². The molecule has 124 valence electrons. The molecule has 0 unspecified atom stereocenters. The van der Waals surface area contributed by atoms with Crippen LogP contribution in [0.5, 0.6) is 0 Å². The highest BCUT2D eigenvalue weighted by molar-refractivity contribution is 8.01. The van der Waals surface area contributed by atoms with Crippen molar-refractivity contribution in [2.75, 3.05) is 11.1 Å². The summed E-state index contributed by atoms with van der Waals surface area (Å²) < 4.78 is 0.860. The van der Waals surface area contributed by atoms with Gasteiger partial charge in [0.05, 0.1) is 11.1 Å². The third-order valence-electron chi connectivity index (χ3n) is 3.69. The number of aromatic nitrogens is 3. The summed E-state index contributed by atoms with van der Waals surface area (Å²) in [6.07, 6.45) is 0.785. The zero-order chi connectivity index (χ0) is 17.1. The Hall–Kier alpha value is -1.99. The van der Waals surface area contributed by atoms with Gasteiger partial charge in [-0.3, -0.25) is 15.1 Å². The van der Waals surface area contributed by atoms with Gasteiger partial charge in [-0.15, -0.1) is 10.2 Å². The number of nitrogens with zero attached hydrogens (tertiary/aromatic N) is 3. The van der Waals surface area contributed by atoms with Gasteiger partial charge in [0.25, 0.3) is 5.91 Å². The number of fused-ring (bicyclic) bond motifs is 1. The number of anilines is 1. The third-order valence-corrected chi connectivity index (χ3v) is 5.55. The maximum Gasteiger partial charge on any atom is 0.258 e. The Balaban J connectivity index is 2.00. The smallest absolute Gasteiger partial charge is 0.258 e. The van der Waals surface area contributed by atoms with Gasteiger partial charge in [-0.1, -0.05) is 55.1 Å². The fourth-order valence-corrected chi connectivity index (χ4v) is 4.24. The van der Waals surface area contributed by atoms with E-state index >= 15 is 0 Å². The summed E-state index contributed by atoms with van der Waals surface area (Å²) in [4.78, 5) is 17.5. The number of benzene rings is 1. The lowest BCUT2D eigenvalue weighted by Crippen LogP contribution is -2.15. The molecule has 0 aliphatic carbocycles. The molecule has 3 aromatic rings. The number of rotatable bonds is 5. The van der Waals surface area contributed by atoms with E-state index in [9.17, 15) is 4.79 Å². The summed E-state index contributed by atoms with van der Waals surface area (Å²) in [6, 6.07) is 7.73. The minimum absolute atomic E-state index is 0.162. The summed E-state index contributed by atoms with van der Waals surface area (Å²) in [6.45, 7) is 6.06. The second-order valence-corrected chi connectivity index (χ2v) is 7.68. The van der Waals surface area contributed by atoms with Crippen molar-refractivity contribution in [3.8, 4) is 0 Å². The van der Waals surface area contributed by atoms with Crippen molar-refractivity contribution in [1.82, 2.24) is 15.2 Å². The Morgan fingerprint density at radius 3 is 2.79 bits per heavy atom. The Morgan fingerprint density at radius 1 is 1.25 bits per heavy atom. The van der Waals surface area contributed by atoms with E-state index < -0.39 is 0 Å². The van der Waals surface area contributed by atoms with Crippen molar-refractivity contribution in [2.45, 2.75) is 31.5 Å². The van der Waals surface area contributed by atoms with Crippen LogP contribution >= 0.6 is 23.1 Å². The molecule has 1 aromatic carbocycles. The van der Waals surface area contributed by atoms with Crippen LogP contribution in [0.3, 0.4) is 0 Å². The van der Waals surface area contributed by atoms with E-state index in [0.29, 0.717) is 10.7 Å². The summed E-state index contributed by atoms with van der Waals surface area (Å²) in [5.41, 5.74) is 3.36. The third kappa shape index (κ3) is 3.27. The molecule has 0 bridgehead atoms. The van der Waals surface area contributed by atoms with Crippen LogP contribution in [0.25, 0.3) is 10.9 Å². The Kier molecular flexibility index (Phi) is 5.11. The molecule has 0 saturated heterocycles. The maximum atomic E-state index is 12.9. The molecule has 0 fully saturated rings. The number of carbonyl (C=O) groups excluding carboxylic acids is 1. The van der Waals surface area contributed by atoms with Crippen LogP contribution in [0.1, 0.15) is 35.5 Å². The van der Waals surface area contributed by atoms with Gasteiger partial charge in [0, 0.05) is 11.1 Å². The summed E-state index contributed by atoms with van der Waals surface area (Å²) in [5.74, 6) is 0.765. The monoisotopic (exact) mass is 358 g/mol. The number of hydrogen-bond donors (Lipinski definition) is 1. The van der Waals surface area contributed by atoms with Gasteiger partial charge in [-0.25, -0.2) is 0 Å². The molecule has 2 heterocycles. The fourth-order valence-electron chi connectivity index (χ4n) is 2.60. The first-order valence-electron chi connectivity index (χ1n) is 7.79. The number of hydrogen-bond acceptors (Lipinski definition) is 6. The van der Waals surface area contributed by atoms with Crippen molar-refractivity contribution >= 4 is 45.0 Å². The number of thioether (sulfide) groups is 1. The molecule has 0 atom stereocenters. The lowest BCUT2D eigenvalue weighted by atomic mass is 9.99. The topological polar surface area (TPSA) is 67.8 Å². The molecule has 0 radical (unpaired) electrons. The number of aryl methyl sites for hydroxylation is 1. The predicted molar refractivity (Wildman–Crippen MR) is 100 cm³/mol. The maximum absolute atomic E-state index is 12.9. The average Bonchev–Trinajstić information content (AvgIpc) is 3.01. The van der Waals surface area contributed by atoms with Crippen molar-refractivity contribution in [1.29, 1.82) is 0 Å². The Bertz CT molecular complexity index is 891. The fraction of sp³-hybridized carbons (Fsp3) is 0.294. The van der Waals surface area contributed by atoms with Gasteiger partial charge >= 0.3 is 0 Å². The molecule has 0 aliphatic heterocycles. The second-order valence-electron chi connectivity index (χ2n) is 5.19. The standard InChI is InChI=1S/C17H18N4OS2/c1-4-12-10(3)14(11-8-6-7-9-13(11)18-12)15(22)19-16-20-21-17(24-16)23-5-2/h6-9H,4-5H2,1-3H3,(H,19,20,22). The molecular formula is C17H18N4OS2. The summed E-state index contributed by atoms with van der Waals surface area (Å²) >= 11 is 3.01. The number of carbonyl (C=O) groups is 1. The van der Waals surface area contributed by atoms with Gasteiger partial charge < -0.3 is 0 Å². The van der Waals surface area contributed by atoms with E-state index in [-0.39, 0.29) is 5.91 Å². The minimum atomic E-state index is -0.162. The van der Waals surface area contributed by atoms with Gasteiger partial charge in [0.2, 0.25) is 5.13 Å². The molecule has 7 heteroatoms. The minimum Gasteiger partial charge on any atom is -0.296 e. The first kappa shape index (κ1) is 16.9. The second kappa shape index (κ2) is 7.27. The van der Waals surface area contributed by atoms with Crippen molar-refractivity contribution in [3.63, 3.8) is 0 Å². The van der Waals surface area contributed by atoms with Crippen molar-refractivity contribution < 1.29 is 4.79 Å². The molecule has 2 aromatic heterocycles. The highest BCUT2D eigenvalue weighted by Gasteiger charge is 2.18. The van der Waals surface area contributed by atoms with E-state index in [2.05, 4.69) is 27.4 Å². The average molecular weight is 358 g/mol. The van der Waals surface area contributed by atoms with Gasteiger partial charge in [0.15, 0.2) is 4.34 Å². The van der Waals surface area contributed by atoms with Crippen molar-refractivity contribution in [3.05, 3.63) is 41.1 Å². The number of para-hydroxylation sites is 1. The van der Waals surface area contributed by atoms with Crippen LogP contribution in [0.2, 0.25) is 0 Å². The van der Waals surface area contributed by atoms with E-state index in [1.165, 1.54) is 11.3 Å². The predicted octanol–water partition coefficient (Wildman–Crippen LogP) is 4.32.